The first-order valence-corrected chi connectivity index (χ1v) is 9.02. The van der Waals surface area contributed by atoms with E-state index in [1.807, 2.05) is 18.3 Å². The van der Waals surface area contributed by atoms with E-state index in [-0.39, 0.29) is 17.6 Å². The second kappa shape index (κ2) is 8.10. The molecule has 0 spiro atoms. The van der Waals surface area contributed by atoms with Crippen LogP contribution in [-0.4, -0.2) is 25.2 Å². The number of benzene rings is 1. The molecule has 2 rings (SSSR count). The summed E-state index contributed by atoms with van der Waals surface area (Å²) in [5.74, 6) is 0.855. The molecule has 24 heavy (non-hydrogen) atoms. The van der Waals surface area contributed by atoms with Crippen LogP contribution in [-0.2, 0) is 16.7 Å². The molecule has 1 N–H and O–H groups in total. The van der Waals surface area contributed by atoms with E-state index in [1.54, 1.807) is 25.6 Å². The maximum atomic E-state index is 5.70. The molecule has 1 heterocycles. The van der Waals surface area contributed by atoms with Gasteiger partial charge in [0.05, 0.1) is 18.2 Å². The van der Waals surface area contributed by atoms with E-state index in [9.17, 15) is 0 Å². The molecule has 0 unspecified atom stereocenters. The molecule has 0 aliphatic heterocycles. The average molecular weight is 349 g/mol. The van der Waals surface area contributed by atoms with Gasteiger partial charge in [0.15, 0.2) is 0 Å². The molecule has 5 heteroatoms. The molecule has 0 bridgehead atoms. The largest absolute Gasteiger partial charge is 0.497 e. The fourth-order valence-corrected chi connectivity index (χ4v) is 3.45. The first-order chi connectivity index (χ1) is 11.3. The molecule has 0 radical (unpaired) electrons. The van der Waals surface area contributed by atoms with Gasteiger partial charge in [0.25, 0.3) is 0 Å². The fraction of sp³-hybridized carbons (Fsp3) is 0.526. The average Bonchev–Trinajstić information content (AvgIpc) is 3.03. The van der Waals surface area contributed by atoms with E-state index >= 15 is 0 Å². The second-order valence-corrected chi connectivity index (χ2v) is 8.10. The lowest BCUT2D eigenvalue weighted by Crippen LogP contribution is -2.32. The van der Waals surface area contributed by atoms with Crippen molar-refractivity contribution in [1.82, 2.24) is 10.3 Å². The molecule has 1 aromatic heterocycles. The molecule has 0 saturated carbocycles. The van der Waals surface area contributed by atoms with Crippen molar-refractivity contribution in [2.24, 2.45) is 0 Å². The van der Waals surface area contributed by atoms with Gasteiger partial charge in [-0.15, -0.1) is 11.3 Å². The maximum absolute atomic E-state index is 5.70. The molecule has 0 aliphatic carbocycles. The fourth-order valence-electron chi connectivity index (χ4n) is 2.53. The third kappa shape index (κ3) is 4.79. The van der Waals surface area contributed by atoms with Crippen LogP contribution >= 0.6 is 11.3 Å². The van der Waals surface area contributed by atoms with E-state index in [4.69, 9.17) is 9.47 Å². The van der Waals surface area contributed by atoms with Gasteiger partial charge in [0.1, 0.15) is 5.75 Å². The number of hydrogen-bond acceptors (Lipinski definition) is 5. The van der Waals surface area contributed by atoms with Crippen LogP contribution in [0.5, 0.6) is 5.75 Å². The van der Waals surface area contributed by atoms with E-state index < -0.39 is 0 Å². The highest BCUT2D eigenvalue weighted by atomic mass is 32.1. The number of rotatable bonds is 7. The van der Waals surface area contributed by atoms with Crippen molar-refractivity contribution in [3.63, 3.8) is 0 Å². The summed E-state index contributed by atoms with van der Waals surface area (Å²) in [6.07, 6.45) is 1.96. The van der Waals surface area contributed by atoms with E-state index in [0.717, 1.165) is 17.9 Å². The quantitative estimate of drug-likeness (QED) is 0.809. The standard InChI is InChI=1S/C19H28N2O2S/c1-13(17(23-6)14-7-9-15(22-5)10-8-14)20-11-16-12-21-18(24-16)19(2,3)4/h7-10,12-13,17,20H,11H2,1-6H3/t13-,17-/m1/s1. The van der Waals surface area contributed by atoms with Crippen LogP contribution in [0, 0.1) is 0 Å². The lowest BCUT2D eigenvalue weighted by molar-refractivity contribution is 0.0730. The number of aromatic nitrogens is 1. The molecule has 0 saturated heterocycles. The molecule has 2 aromatic rings. The van der Waals surface area contributed by atoms with Gasteiger partial charge in [0.2, 0.25) is 0 Å². The number of ether oxygens (including phenoxy) is 2. The number of methoxy groups -OCH3 is 2. The molecule has 2 atom stereocenters. The summed E-state index contributed by atoms with van der Waals surface area (Å²) in [5.41, 5.74) is 1.24. The minimum Gasteiger partial charge on any atom is -0.497 e. The summed E-state index contributed by atoms with van der Waals surface area (Å²) in [5, 5.41) is 4.73. The van der Waals surface area contributed by atoms with E-state index in [0.29, 0.717) is 0 Å². The van der Waals surface area contributed by atoms with Crippen LogP contribution in [0.15, 0.2) is 30.5 Å². The minimum atomic E-state index is -0.00841. The minimum absolute atomic E-state index is 0.00841. The Labute approximate surface area is 149 Å². The highest BCUT2D eigenvalue weighted by molar-refractivity contribution is 7.11. The van der Waals surface area contributed by atoms with Crippen molar-refractivity contribution < 1.29 is 9.47 Å². The van der Waals surface area contributed by atoms with Crippen molar-refractivity contribution in [3.05, 3.63) is 45.9 Å². The van der Waals surface area contributed by atoms with Gasteiger partial charge in [-0.2, -0.15) is 0 Å². The van der Waals surface area contributed by atoms with Crippen LogP contribution in [0.2, 0.25) is 0 Å². The Balaban J connectivity index is 1.98. The Kier molecular flexibility index (Phi) is 6.38. The molecule has 132 valence electrons. The maximum Gasteiger partial charge on any atom is 0.118 e. The second-order valence-electron chi connectivity index (χ2n) is 6.98. The van der Waals surface area contributed by atoms with Crippen LogP contribution in [0.3, 0.4) is 0 Å². The first kappa shape index (κ1) is 18.9. The molecular formula is C19H28N2O2S. The molecule has 0 fully saturated rings. The van der Waals surface area contributed by atoms with Gasteiger partial charge in [-0.1, -0.05) is 32.9 Å². The van der Waals surface area contributed by atoms with Gasteiger partial charge in [-0.05, 0) is 24.6 Å². The highest BCUT2D eigenvalue weighted by Gasteiger charge is 2.20. The first-order valence-electron chi connectivity index (χ1n) is 8.20. The molecule has 4 nitrogen and oxygen atoms in total. The normalized spacial score (nSPS) is 14.4. The Bertz CT molecular complexity index is 632. The lowest BCUT2D eigenvalue weighted by Gasteiger charge is -2.24. The number of nitrogens with one attached hydrogen (secondary N) is 1. The predicted octanol–water partition coefficient (Wildman–Crippen LogP) is 4.32. The Morgan fingerprint density at radius 3 is 2.33 bits per heavy atom. The molecule has 0 amide bonds. The predicted molar refractivity (Wildman–Crippen MR) is 99.9 cm³/mol. The molecular weight excluding hydrogens is 320 g/mol. The summed E-state index contributed by atoms with van der Waals surface area (Å²) < 4.78 is 10.9. The van der Waals surface area contributed by atoms with Crippen molar-refractivity contribution >= 4 is 11.3 Å². The van der Waals surface area contributed by atoms with Gasteiger partial charge < -0.3 is 14.8 Å². The van der Waals surface area contributed by atoms with Gasteiger partial charge in [-0.3, -0.25) is 0 Å². The SMILES string of the molecule is COc1ccc([C@H](OC)[C@@H](C)NCc2cnc(C(C)(C)C)s2)cc1. The zero-order chi connectivity index (χ0) is 17.7. The van der Waals surface area contributed by atoms with Crippen LogP contribution in [0.25, 0.3) is 0 Å². The van der Waals surface area contributed by atoms with Crippen LogP contribution < -0.4 is 10.1 Å². The monoisotopic (exact) mass is 348 g/mol. The Morgan fingerprint density at radius 1 is 1.17 bits per heavy atom. The summed E-state index contributed by atoms with van der Waals surface area (Å²) in [6.45, 7) is 9.51. The van der Waals surface area contributed by atoms with Crippen molar-refractivity contribution in [2.75, 3.05) is 14.2 Å². The lowest BCUT2D eigenvalue weighted by atomic mass is 9.98. The molecule has 1 aromatic carbocycles. The van der Waals surface area contributed by atoms with Crippen molar-refractivity contribution in [3.8, 4) is 5.75 Å². The van der Waals surface area contributed by atoms with Gasteiger partial charge in [0, 0.05) is 36.2 Å². The number of hydrogen-bond donors (Lipinski definition) is 1. The summed E-state index contributed by atoms with van der Waals surface area (Å²) in [4.78, 5) is 5.79. The Morgan fingerprint density at radius 2 is 1.83 bits per heavy atom. The zero-order valence-corrected chi connectivity index (χ0v) is 16.2. The van der Waals surface area contributed by atoms with Gasteiger partial charge >= 0.3 is 0 Å². The highest BCUT2D eigenvalue weighted by Crippen LogP contribution is 2.27. The topological polar surface area (TPSA) is 43.4 Å². The Hall–Kier alpha value is -1.43. The molecule has 0 aliphatic rings. The number of nitrogens with zero attached hydrogens (tertiary/aromatic N) is 1. The number of thiazole rings is 1. The van der Waals surface area contributed by atoms with Crippen LogP contribution in [0.1, 0.15) is 49.2 Å². The summed E-state index contributed by atoms with van der Waals surface area (Å²) in [6, 6.07) is 8.22. The summed E-state index contributed by atoms with van der Waals surface area (Å²) in [7, 11) is 3.42. The van der Waals surface area contributed by atoms with Crippen LogP contribution in [0.4, 0.5) is 0 Å². The van der Waals surface area contributed by atoms with Crippen molar-refractivity contribution in [1.29, 1.82) is 0 Å². The van der Waals surface area contributed by atoms with E-state index in [2.05, 4.69) is 50.1 Å². The summed E-state index contributed by atoms with van der Waals surface area (Å²) >= 11 is 1.77. The third-order valence-electron chi connectivity index (χ3n) is 3.95. The van der Waals surface area contributed by atoms with E-state index in [1.165, 1.54) is 9.88 Å². The smallest absolute Gasteiger partial charge is 0.118 e. The third-order valence-corrected chi connectivity index (χ3v) is 5.37. The zero-order valence-electron chi connectivity index (χ0n) is 15.4. The van der Waals surface area contributed by atoms with Crippen molar-refractivity contribution in [2.45, 2.75) is 51.8 Å². The van der Waals surface area contributed by atoms with Gasteiger partial charge in [-0.25, -0.2) is 4.98 Å².